The van der Waals surface area contributed by atoms with Crippen molar-refractivity contribution in [1.82, 2.24) is 4.57 Å². The molecule has 0 aliphatic rings. The van der Waals surface area contributed by atoms with Gasteiger partial charge in [-0.05, 0) is 38.1 Å². The molecule has 0 radical (unpaired) electrons. The molecule has 0 fully saturated rings. The van der Waals surface area contributed by atoms with Crippen LogP contribution in [0.4, 0.5) is 0 Å². The van der Waals surface area contributed by atoms with E-state index >= 15 is 0 Å². The third kappa shape index (κ3) is 3.86. The van der Waals surface area contributed by atoms with Crippen LogP contribution in [0.2, 0.25) is 0 Å². The molecule has 0 N–H and O–H groups in total. The minimum Gasteiger partial charge on any atom is -0.490 e. The highest BCUT2D eigenvalue weighted by Crippen LogP contribution is 2.29. The maximum Gasteiger partial charge on any atom is 0.326 e. The average Bonchev–Trinajstić information content (AvgIpc) is 3.31. The number of benzene rings is 2. The Labute approximate surface area is 176 Å². The third-order valence-corrected chi connectivity index (χ3v) is 5.46. The molecule has 7 nitrogen and oxygen atoms in total. The third-order valence-electron chi connectivity index (χ3n) is 4.40. The highest BCUT2D eigenvalue weighted by molar-refractivity contribution is 7.16. The molecule has 0 atom stereocenters. The Bertz CT molecular complexity index is 1300. The van der Waals surface area contributed by atoms with Gasteiger partial charge in [-0.1, -0.05) is 35.6 Å². The monoisotopic (exact) mass is 424 g/mol. The number of para-hydroxylation sites is 2. The number of carbonyl (C=O) groups is 2. The summed E-state index contributed by atoms with van der Waals surface area (Å²) in [6, 6.07) is 14.7. The number of ether oxygens (including phenoxy) is 2. The Morgan fingerprint density at radius 1 is 1.10 bits per heavy atom. The lowest BCUT2D eigenvalue weighted by Gasteiger charge is -2.04. The molecule has 30 heavy (non-hydrogen) atoms. The van der Waals surface area contributed by atoms with E-state index in [0.717, 1.165) is 15.6 Å². The van der Waals surface area contributed by atoms with Crippen molar-refractivity contribution in [3.63, 3.8) is 0 Å². The molecular weight excluding hydrogens is 404 g/mol. The second-order valence-corrected chi connectivity index (χ2v) is 7.39. The van der Waals surface area contributed by atoms with Gasteiger partial charge >= 0.3 is 11.9 Å². The van der Waals surface area contributed by atoms with Crippen molar-refractivity contribution in [1.29, 1.82) is 0 Å². The van der Waals surface area contributed by atoms with Gasteiger partial charge in [-0.25, -0.2) is 0 Å². The van der Waals surface area contributed by atoms with E-state index in [1.54, 1.807) is 23.6 Å². The van der Waals surface area contributed by atoms with Gasteiger partial charge in [0, 0.05) is 5.39 Å². The van der Waals surface area contributed by atoms with Crippen LogP contribution < -0.4 is 9.54 Å². The standard InChI is InChI=1S/C22H20N2O5S/c1-3-27-16-10-7-8-14-12-17(29-20(14)16)21(26)23-22-24(13-19(25)28-4-2)15-9-5-6-11-18(15)30-22/h5-12H,3-4,13H2,1-2H3. The fraction of sp³-hybridized carbons (Fsp3) is 0.227. The number of furan rings is 1. The summed E-state index contributed by atoms with van der Waals surface area (Å²) in [5.41, 5.74) is 1.32. The molecule has 8 heteroatoms. The van der Waals surface area contributed by atoms with Crippen LogP contribution in [0.25, 0.3) is 21.2 Å². The molecule has 2 aromatic heterocycles. The van der Waals surface area contributed by atoms with Crippen molar-refractivity contribution in [3.8, 4) is 5.75 Å². The van der Waals surface area contributed by atoms with Gasteiger partial charge in [0.25, 0.3) is 0 Å². The number of fused-ring (bicyclic) bond motifs is 2. The molecule has 0 aliphatic heterocycles. The van der Waals surface area contributed by atoms with E-state index in [0.29, 0.717) is 22.7 Å². The van der Waals surface area contributed by atoms with Gasteiger partial charge in [-0.15, -0.1) is 0 Å². The Balaban J connectivity index is 1.77. The van der Waals surface area contributed by atoms with E-state index in [1.807, 2.05) is 43.3 Å². The topological polar surface area (TPSA) is 83.0 Å². The average molecular weight is 424 g/mol. The smallest absolute Gasteiger partial charge is 0.326 e. The van der Waals surface area contributed by atoms with Gasteiger partial charge in [0.15, 0.2) is 21.9 Å². The van der Waals surface area contributed by atoms with Crippen molar-refractivity contribution in [2.75, 3.05) is 13.2 Å². The minimum atomic E-state index is -0.530. The number of carbonyl (C=O) groups excluding carboxylic acids is 2. The van der Waals surface area contributed by atoms with E-state index in [-0.39, 0.29) is 24.9 Å². The zero-order valence-electron chi connectivity index (χ0n) is 16.6. The first-order valence-electron chi connectivity index (χ1n) is 9.59. The maximum atomic E-state index is 12.9. The highest BCUT2D eigenvalue weighted by Gasteiger charge is 2.16. The summed E-state index contributed by atoms with van der Waals surface area (Å²) in [6.45, 7) is 4.38. The number of nitrogens with zero attached hydrogens (tertiary/aromatic N) is 2. The van der Waals surface area contributed by atoms with Gasteiger partial charge < -0.3 is 18.5 Å². The summed E-state index contributed by atoms with van der Waals surface area (Å²) >= 11 is 1.33. The number of rotatable bonds is 6. The van der Waals surface area contributed by atoms with Gasteiger partial charge in [-0.2, -0.15) is 4.99 Å². The number of aromatic nitrogens is 1. The number of esters is 1. The summed E-state index contributed by atoms with van der Waals surface area (Å²) in [5.74, 6) is -0.233. The Kier molecular flexibility index (Phi) is 5.67. The first-order chi connectivity index (χ1) is 14.6. The number of hydrogen-bond donors (Lipinski definition) is 0. The van der Waals surface area contributed by atoms with Crippen molar-refractivity contribution < 1.29 is 23.5 Å². The largest absolute Gasteiger partial charge is 0.490 e. The van der Waals surface area contributed by atoms with Crippen molar-refractivity contribution in [2.45, 2.75) is 20.4 Å². The Morgan fingerprint density at radius 3 is 2.73 bits per heavy atom. The summed E-state index contributed by atoms with van der Waals surface area (Å²) < 4.78 is 19.0. The van der Waals surface area contributed by atoms with E-state index in [4.69, 9.17) is 13.9 Å². The van der Waals surface area contributed by atoms with E-state index in [9.17, 15) is 9.59 Å². The molecular formula is C22H20N2O5S. The molecule has 0 aliphatic carbocycles. The normalized spacial score (nSPS) is 11.9. The van der Waals surface area contributed by atoms with Crippen LogP contribution >= 0.6 is 11.3 Å². The molecule has 0 saturated carbocycles. The zero-order chi connectivity index (χ0) is 21.1. The number of hydrogen-bond acceptors (Lipinski definition) is 6. The lowest BCUT2D eigenvalue weighted by Crippen LogP contribution is -2.23. The SMILES string of the molecule is CCOC(=O)Cn1c(=NC(=O)c2cc3cccc(OCC)c3o2)sc2ccccc21. The quantitative estimate of drug-likeness (QED) is 0.434. The molecule has 0 saturated heterocycles. The van der Waals surface area contributed by atoms with Crippen LogP contribution in [0.3, 0.4) is 0 Å². The van der Waals surface area contributed by atoms with Gasteiger partial charge in [-0.3, -0.25) is 9.59 Å². The maximum absolute atomic E-state index is 12.9. The predicted octanol–water partition coefficient (Wildman–Crippen LogP) is 4.15. The molecule has 4 aromatic rings. The number of thiazole rings is 1. The Morgan fingerprint density at radius 2 is 1.93 bits per heavy atom. The molecule has 1 amide bonds. The second kappa shape index (κ2) is 8.54. The fourth-order valence-electron chi connectivity index (χ4n) is 3.15. The zero-order valence-corrected chi connectivity index (χ0v) is 17.4. The highest BCUT2D eigenvalue weighted by atomic mass is 32.1. The first-order valence-corrected chi connectivity index (χ1v) is 10.4. The first kappa shape index (κ1) is 19.9. The summed E-state index contributed by atoms with van der Waals surface area (Å²) in [5, 5.41) is 0.759. The van der Waals surface area contributed by atoms with Crippen LogP contribution in [0.1, 0.15) is 24.4 Å². The van der Waals surface area contributed by atoms with E-state index in [1.165, 1.54) is 11.3 Å². The van der Waals surface area contributed by atoms with E-state index in [2.05, 4.69) is 4.99 Å². The van der Waals surface area contributed by atoms with Crippen molar-refractivity contribution >= 4 is 44.4 Å². The van der Waals surface area contributed by atoms with Gasteiger partial charge in [0.2, 0.25) is 0 Å². The molecule has 2 aromatic carbocycles. The molecule has 0 unspecified atom stereocenters. The van der Waals surface area contributed by atoms with Crippen LogP contribution in [-0.4, -0.2) is 29.7 Å². The van der Waals surface area contributed by atoms with Crippen LogP contribution in [0.15, 0.2) is 57.9 Å². The summed E-state index contributed by atoms with van der Waals surface area (Å²) in [6.07, 6.45) is 0. The lowest BCUT2D eigenvalue weighted by molar-refractivity contribution is -0.143. The molecule has 0 bridgehead atoms. The van der Waals surface area contributed by atoms with Crippen LogP contribution in [0, 0.1) is 0 Å². The predicted molar refractivity (Wildman–Crippen MR) is 114 cm³/mol. The van der Waals surface area contributed by atoms with Gasteiger partial charge in [0.05, 0.1) is 23.4 Å². The second-order valence-electron chi connectivity index (χ2n) is 6.38. The van der Waals surface area contributed by atoms with Crippen LogP contribution in [0.5, 0.6) is 5.75 Å². The van der Waals surface area contributed by atoms with Crippen molar-refractivity contribution in [3.05, 3.63) is 59.1 Å². The number of amides is 1. The van der Waals surface area contributed by atoms with Crippen LogP contribution in [-0.2, 0) is 16.1 Å². The molecule has 0 spiro atoms. The molecule has 154 valence electrons. The minimum absolute atomic E-state index is 0.0292. The summed E-state index contributed by atoms with van der Waals surface area (Å²) in [4.78, 5) is 29.6. The lowest BCUT2D eigenvalue weighted by atomic mass is 10.2. The fourth-order valence-corrected chi connectivity index (χ4v) is 4.18. The van der Waals surface area contributed by atoms with Gasteiger partial charge in [0.1, 0.15) is 6.54 Å². The van der Waals surface area contributed by atoms with E-state index < -0.39 is 5.91 Å². The van der Waals surface area contributed by atoms with Crippen molar-refractivity contribution in [2.24, 2.45) is 4.99 Å². The summed E-state index contributed by atoms with van der Waals surface area (Å²) in [7, 11) is 0. The Hall–Kier alpha value is -3.39. The molecule has 2 heterocycles. The molecule has 4 rings (SSSR count).